The Morgan fingerprint density at radius 2 is 1.44 bits per heavy atom. The average molecular weight is 872 g/mol. The Labute approximate surface area is 333 Å². The number of fused-ring (bicyclic) bond motifs is 2. The number of rotatable bonds is 15. The third-order valence-electron chi connectivity index (χ3n) is 7.95. The summed E-state index contributed by atoms with van der Waals surface area (Å²) in [4.78, 5) is 20.2. The standard InChI is InChI=1S/C23H27N5O5S2.C12H12BrN5OS/c1-15-21(18-6-5-17(11-19(18)32-2)33-9-4-10-35(3,30)31)22-20(34-15)13-24-23(27-22)26-16-12-25-28(14-16)7-8-29;1-7-10(13)11-9(20-7)5-14-12(17-11)16-8-4-15-18(6-8)2-3-19/h5-6,11-14,29H,4,7-10H2,1-3H3,(H,24,26,27);4-6,19H,2-3H2,1H3,(H,14,16,17). The normalized spacial score (nSPS) is 11.5. The molecule has 20 heteroatoms. The lowest BCUT2D eigenvalue weighted by molar-refractivity contribution is 0.269. The third kappa shape index (κ3) is 10.1. The summed E-state index contributed by atoms with van der Waals surface area (Å²) in [6, 6.07) is 5.57. The fourth-order valence-electron chi connectivity index (χ4n) is 5.47. The molecule has 0 aliphatic rings. The molecule has 0 bridgehead atoms. The van der Waals surface area contributed by atoms with Crippen molar-refractivity contribution in [3.8, 4) is 22.6 Å². The van der Waals surface area contributed by atoms with E-state index in [1.54, 1.807) is 76.2 Å². The molecule has 0 saturated carbocycles. The first-order valence-electron chi connectivity index (χ1n) is 16.9. The highest BCUT2D eigenvalue weighted by Gasteiger charge is 2.19. The molecule has 0 aliphatic carbocycles. The summed E-state index contributed by atoms with van der Waals surface area (Å²) < 4.78 is 40.3. The monoisotopic (exact) mass is 870 g/mol. The minimum atomic E-state index is -3.01. The number of hydrogen-bond donors (Lipinski definition) is 4. The highest BCUT2D eigenvalue weighted by molar-refractivity contribution is 9.10. The van der Waals surface area contributed by atoms with Crippen molar-refractivity contribution in [1.29, 1.82) is 0 Å². The number of nitrogens with one attached hydrogen (secondary N) is 2. The Hall–Kier alpha value is -4.73. The van der Waals surface area contributed by atoms with Gasteiger partial charge in [0.2, 0.25) is 11.9 Å². The van der Waals surface area contributed by atoms with Gasteiger partial charge >= 0.3 is 0 Å². The molecular weight excluding hydrogens is 833 g/mol. The van der Waals surface area contributed by atoms with E-state index < -0.39 is 9.84 Å². The first kappa shape index (κ1) is 39.9. The molecule has 0 saturated heterocycles. The van der Waals surface area contributed by atoms with Gasteiger partial charge in [0, 0.05) is 45.6 Å². The predicted molar refractivity (Wildman–Crippen MR) is 219 cm³/mol. The third-order valence-corrected chi connectivity index (χ3v) is 12.3. The number of methoxy groups -OCH3 is 1. The van der Waals surface area contributed by atoms with Crippen LogP contribution in [-0.4, -0.2) is 97.1 Å². The molecule has 4 N–H and O–H groups in total. The van der Waals surface area contributed by atoms with Gasteiger partial charge in [-0.15, -0.1) is 22.7 Å². The Morgan fingerprint density at radius 3 is 2.02 bits per heavy atom. The fraction of sp³-hybridized carbons (Fsp3) is 0.314. The molecule has 0 radical (unpaired) electrons. The largest absolute Gasteiger partial charge is 0.496 e. The maximum absolute atomic E-state index is 11.3. The Morgan fingerprint density at radius 1 is 0.855 bits per heavy atom. The van der Waals surface area contributed by atoms with Crippen LogP contribution >= 0.6 is 38.6 Å². The van der Waals surface area contributed by atoms with Gasteiger partial charge in [-0.05, 0) is 48.3 Å². The molecule has 55 heavy (non-hydrogen) atoms. The summed E-state index contributed by atoms with van der Waals surface area (Å²) in [6.07, 6.45) is 12.1. The van der Waals surface area contributed by atoms with Gasteiger partial charge in [0.1, 0.15) is 26.9 Å². The van der Waals surface area contributed by atoms with Crippen LogP contribution in [0.1, 0.15) is 16.2 Å². The van der Waals surface area contributed by atoms with Gasteiger partial charge in [0.05, 0.1) is 101 Å². The van der Waals surface area contributed by atoms with E-state index >= 15 is 0 Å². The van der Waals surface area contributed by atoms with Crippen LogP contribution in [0.3, 0.4) is 0 Å². The van der Waals surface area contributed by atoms with Gasteiger partial charge in [-0.3, -0.25) is 9.36 Å². The number of anilines is 4. The molecule has 290 valence electrons. The van der Waals surface area contributed by atoms with Crippen molar-refractivity contribution in [3.63, 3.8) is 0 Å². The number of hydrogen-bond acceptors (Lipinski definition) is 16. The van der Waals surface area contributed by atoms with Gasteiger partial charge in [-0.1, -0.05) is 0 Å². The van der Waals surface area contributed by atoms with Gasteiger partial charge in [0.15, 0.2) is 0 Å². The molecule has 6 heterocycles. The van der Waals surface area contributed by atoms with Crippen molar-refractivity contribution in [1.82, 2.24) is 39.5 Å². The average Bonchev–Trinajstić information content (AvgIpc) is 3.93. The SMILES string of the molecule is COc1cc(OCCCS(C)(=O)=O)ccc1-c1c(C)sc2cnc(Nc3cnn(CCO)c3)nc12.Cc1sc2cnc(Nc3cnn(CCO)c3)nc2c1Br. The van der Waals surface area contributed by atoms with Gasteiger partial charge in [-0.25, -0.2) is 28.4 Å². The molecule has 0 unspecified atom stereocenters. The minimum Gasteiger partial charge on any atom is -0.496 e. The Kier molecular flexibility index (Phi) is 12.9. The zero-order chi connectivity index (χ0) is 39.1. The molecule has 0 fully saturated rings. The Bertz CT molecular complexity index is 2520. The predicted octanol–water partition coefficient (Wildman–Crippen LogP) is 6.12. The zero-order valence-electron chi connectivity index (χ0n) is 30.4. The molecule has 7 rings (SSSR count). The Balaban J connectivity index is 0.000000217. The molecule has 7 aromatic rings. The van der Waals surface area contributed by atoms with Crippen LogP contribution in [0.2, 0.25) is 0 Å². The molecule has 1 aromatic carbocycles. The number of halogens is 1. The van der Waals surface area contributed by atoms with Crippen LogP contribution in [0.25, 0.3) is 31.6 Å². The number of sulfone groups is 1. The van der Waals surface area contributed by atoms with Crippen molar-refractivity contribution in [2.75, 3.05) is 49.6 Å². The number of aryl methyl sites for hydroxylation is 2. The molecule has 0 spiro atoms. The maximum Gasteiger partial charge on any atom is 0.227 e. The van der Waals surface area contributed by atoms with Gasteiger partial charge < -0.3 is 30.3 Å². The second-order valence-corrected chi connectivity index (χ2v) is 17.8. The van der Waals surface area contributed by atoms with Crippen LogP contribution in [0.4, 0.5) is 23.3 Å². The highest BCUT2D eigenvalue weighted by Crippen LogP contribution is 2.42. The molecule has 0 atom stereocenters. The lowest BCUT2D eigenvalue weighted by Crippen LogP contribution is -2.08. The smallest absolute Gasteiger partial charge is 0.227 e. The first-order chi connectivity index (χ1) is 26.4. The van der Waals surface area contributed by atoms with Crippen molar-refractivity contribution in [2.24, 2.45) is 0 Å². The molecule has 0 aliphatic heterocycles. The number of benzene rings is 1. The summed E-state index contributed by atoms with van der Waals surface area (Å²) in [7, 11) is -1.41. The van der Waals surface area contributed by atoms with E-state index in [0.29, 0.717) is 49.5 Å². The second kappa shape index (κ2) is 17.8. The van der Waals surface area contributed by atoms with Crippen molar-refractivity contribution in [2.45, 2.75) is 33.4 Å². The summed E-state index contributed by atoms with van der Waals surface area (Å²) >= 11 is 6.80. The van der Waals surface area contributed by atoms with Crippen LogP contribution in [0.5, 0.6) is 11.5 Å². The lowest BCUT2D eigenvalue weighted by atomic mass is 10.0. The molecule has 6 aromatic heterocycles. The van der Waals surface area contributed by atoms with Gasteiger partial charge in [-0.2, -0.15) is 10.2 Å². The maximum atomic E-state index is 11.3. The number of nitrogens with zero attached hydrogens (tertiary/aromatic N) is 8. The second-order valence-electron chi connectivity index (χ2n) is 12.2. The first-order valence-corrected chi connectivity index (χ1v) is 21.4. The summed E-state index contributed by atoms with van der Waals surface area (Å²) in [6.45, 7) is 5.32. The number of ether oxygens (including phenoxy) is 2. The highest BCUT2D eigenvalue weighted by atomic mass is 79.9. The van der Waals surface area contributed by atoms with Crippen molar-refractivity contribution < 1.29 is 28.1 Å². The molecular formula is C35H39BrN10O6S3. The van der Waals surface area contributed by atoms with Crippen molar-refractivity contribution >= 4 is 92.1 Å². The van der Waals surface area contributed by atoms with E-state index in [0.717, 1.165) is 52.3 Å². The number of aromatic nitrogens is 8. The van der Waals surface area contributed by atoms with Crippen LogP contribution in [0.15, 0.2) is 59.9 Å². The molecule has 16 nitrogen and oxygen atoms in total. The zero-order valence-corrected chi connectivity index (χ0v) is 34.4. The van der Waals surface area contributed by atoms with E-state index in [1.165, 1.54) is 11.1 Å². The minimum absolute atomic E-state index is 0.00737. The number of aliphatic hydroxyl groups is 2. The fourth-order valence-corrected chi connectivity index (χ4v) is 8.64. The van der Waals surface area contributed by atoms with Crippen LogP contribution < -0.4 is 20.1 Å². The number of thiophene rings is 2. The summed E-state index contributed by atoms with van der Waals surface area (Å²) in [5.74, 6) is 2.28. The van der Waals surface area contributed by atoms with E-state index in [-0.39, 0.29) is 19.0 Å². The quantitative estimate of drug-likeness (QED) is 0.0859. The number of aliphatic hydroxyl groups excluding tert-OH is 2. The van der Waals surface area contributed by atoms with Gasteiger partial charge in [0.25, 0.3) is 0 Å². The summed E-state index contributed by atoms with van der Waals surface area (Å²) in [5, 5.41) is 32.5. The van der Waals surface area contributed by atoms with Crippen LogP contribution in [0, 0.1) is 13.8 Å². The van der Waals surface area contributed by atoms with E-state index in [4.69, 9.17) is 24.7 Å². The molecule has 0 amide bonds. The van der Waals surface area contributed by atoms with Crippen molar-refractivity contribution in [3.05, 3.63) is 69.6 Å². The lowest BCUT2D eigenvalue weighted by Gasteiger charge is -2.12. The van der Waals surface area contributed by atoms with Crippen LogP contribution in [-0.2, 0) is 22.9 Å². The topological polar surface area (TPSA) is 204 Å². The van der Waals surface area contributed by atoms with E-state index in [2.05, 4.69) is 51.7 Å². The summed E-state index contributed by atoms with van der Waals surface area (Å²) in [5.41, 5.74) is 5.05. The van der Waals surface area contributed by atoms with E-state index in [9.17, 15) is 8.42 Å². The van der Waals surface area contributed by atoms with E-state index in [1.807, 2.05) is 32.2 Å².